The van der Waals surface area contributed by atoms with Crippen LogP contribution in [0.2, 0.25) is 0 Å². The first-order valence-electron chi connectivity index (χ1n) is 6.89. The van der Waals surface area contributed by atoms with Gasteiger partial charge in [0.05, 0.1) is 6.54 Å². The van der Waals surface area contributed by atoms with Gasteiger partial charge in [-0.05, 0) is 31.7 Å². The number of rotatable bonds is 7. The van der Waals surface area contributed by atoms with Crippen molar-refractivity contribution in [3.05, 3.63) is 0 Å². The van der Waals surface area contributed by atoms with E-state index in [2.05, 4.69) is 5.32 Å². The minimum Gasteiger partial charge on any atom is -0.368 e. The topological polar surface area (TPSA) is 92.5 Å². The number of amides is 3. The number of imide groups is 1. The summed E-state index contributed by atoms with van der Waals surface area (Å²) in [5.41, 5.74) is 4.63. The Hall–Kier alpha value is -1.43. The van der Waals surface area contributed by atoms with E-state index >= 15 is 0 Å². The lowest BCUT2D eigenvalue weighted by molar-refractivity contribution is -0.141. The lowest BCUT2D eigenvalue weighted by Crippen LogP contribution is -2.64. The standard InChI is InChI=1S/C13H21N3O3/c1-2-7-15-13(12(14)19,9-3-4-9)8-16-10(17)5-6-11(16)18/h9,15H,2-8H2,1H3,(H2,14,19). The normalized spacial score (nSPS) is 22.7. The summed E-state index contributed by atoms with van der Waals surface area (Å²) in [5.74, 6) is -0.724. The Bertz CT molecular complexity index is 390. The molecule has 2 fully saturated rings. The first kappa shape index (κ1) is 14.0. The van der Waals surface area contributed by atoms with Gasteiger partial charge in [-0.25, -0.2) is 0 Å². The summed E-state index contributed by atoms with van der Waals surface area (Å²) in [6.45, 7) is 2.73. The predicted octanol–water partition coefficient (Wildman–Crippen LogP) is -0.231. The summed E-state index contributed by atoms with van der Waals surface area (Å²) in [7, 11) is 0. The third-order valence-corrected chi connectivity index (χ3v) is 3.97. The molecule has 0 bridgehead atoms. The van der Waals surface area contributed by atoms with Gasteiger partial charge in [-0.1, -0.05) is 6.92 Å². The molecule has 6 heteroatoms. The van der Waals surface area contributed by atoms with E-state index in [1.165, 1.54) is 4.90 Å². The Balaban J connectivity index is 2.19. The van der Waals surface area contributed by atoms with Gasteiger partial charge in [0, 0.05) is 12.8 Å². The molecule has 0 spiro atoms. The van der Waals surface area contributed by atoms with Crippen LogP contribution < -0.4 is 11.1 Å². The van der Waals surface area contributed by atoms with Crippen molar-refractivity contribution >= 4 is 17.7 Å². The van der Waals surface area contributed by atoms with E-state index in [4.69, 9.17) is 5.73 Å². The first-order chi connectivity index (χ1) is 9.01. The maximum atomic E-state index is 11.9. The highest BCUT2D eigenvalue weighted by Gasteiger charge is 2.52. The number of nitrogens with one attached hydrogen (secondary N) is 1. The smallest absolute Gasteiger partial charge is 0.239 e. The van der Waals surface area contributed by atoms with Gasteiger partial charge in [-0.3, -0.25) is 19.3 Å². The fraction of sp³-hybridized carbons (Fsp3) is 0.769. The van der Waals surface area contributed by atoms with Crippen molar-refractivity contribution in [2.45, 2.75) is 44.6 Å². The van der Waals surface area contributed by atoms with Crippen LogP contribution in [0.1, 0.15) is 39.0 Å². The Morgan fingerprint density at radius 3 is 2.37 bits per heavy atom. The van der Waals surface area contributed by atoms with Crippen molar-refractivity contribution in [1.29, 1.82) is 0 Å². The molecule has 0 aromatic heterocycles. The highest BCUT2D eigenvalue weighted by Crippen LogP contribution is 2.40. The van der Waals surface area contributed by atoms with Crippen molar-refractivity contribution in [1.82, 2.24) is 10.2 Å². The van der Waals surface area contributed by atoms with Crippen molar-refractivity contribution in [2.24, 2.45) is 11.7 Å². The zero-order valence-electron chi connectivity index (χ0n) is 11.3. The summed E-state index contributed by atoms with van der Waals surface area (Å²) in [5, 5.41) is 3.19. The molecule has 1 heterocycles. The predicted molar refractivity (Wildman–Crippen MR) is 68.9 cm³/mol. The van der Waals surface area contributed by atoms with E-state index in [1.807, 2.05) is 6.92 Å². The van der Waals surface area contributed by atoms with Crippen molar-refractivity contribution in [2.75, 3.05) is 13.1 Å². The molecule has 3 amide bonds. The minimum atomic E-state index is -0.939. The molecule has 1 atom stereocenters. The van der Waals surface area contributed by atoms with E-state index in [0.717, 1.165) is 19.3 Å². The fourth-order valence-electron chi connectivity index (χ4n) is 2.67. The molecule has 1 aliphatic heterocycles. The van der Waals surface area contributed by atoms with Crippen LogP contribution in [0.25, 0.3) is 0 Å². The molecular formula is C13H21N3O3. The third-order valence-electron chi connectivity index (χ3n) is 3.97. The number of carbonyl (C=O) groups excluding carboxylic acids is 3. The second-order valence-electron chi connectivity index (χ2n) is 5.41. The van der Waals surface area contributed by atoms with Crippen LogP contribution >= 0.6 is 0 Å². The van der Waals surface area contributed by atoms with Crippen LogP contribution in [0.4, 0.5) is 0 Å². The average Bonchev–Trinajstić information content (AvgIpc) is 3.16. The molecule has 2 rings (SSSR count). The lowest BCUT2D eigenvalue weighted by Gasteiger charge is -2.35. The van der Waals surface area contributed by atoms with Crippen LogP contribution in [0.5, 0.6) is 0 Å². The highest BCUT2D eigenvalue weighted by molar-refractivity contribution is 6.02. The van der Waals surface area contributed by atoms with Gasteiger partial charge in [0.25, 0.3) is 0 Å². The van der Waals surface area contributed by atoms with Crippen LogP contribution in [-0.4, -0.2) is 41.2 Å². The van der Waals surface area contributed by atoms with Crippen LogP contribution in [-0.2, 0) is 14.4 Å². The van der Waals surface area contributed by atoms with E-state index in [-0.39, 0.29) is 37.1 Å². The minimum absolute atomic E-state index is 0.0880. The number of nitrogens with two attached hydrogens (primary N) is 1. The Kier molecular flexibility index (Phi) is 3.89. The fourth-order valence-corrected chi connectivity index (χ4v) is 2.67. The summed E-state index contributed by atoms with van der Waals surface area (Å²) in [6, 6.07) is 0. The molecule has 2 aliphatic rings. The number of likely N-dealkylation sites (tertiary alicyclic amines) is 1. The van der Waals surface area contributed by atoms with Crippen molar-refractivity contribution < 1.29 is 14.4 Å². The van der Waals surface area contributed by atoms with Gasteiger partial charge in [-0.15, -0.1) is 0 Å². The molecule has 1 unspecified atom stereocenters. The molecule has 0 aromatic rings. The molecule has 0 aromatic carbocycles. The maximum absolute atomic E-state index is 11.9. The SMILES string of the molecule is CCCNC(CN1C(=O)CCC1=O)(C(N)=O)C1CC1. The van der Waals surface area contributed by atoms with Crippen molar-refractivity contribution in [3.63, 3.8) is 0 Å². The number of hydrogen-bond acceptors (Lipinski definition) is 4. The van der Waals surface area contributed by atoms with Gasteiger partial charge in [0.2, 0.25) is 17.7 Å². The maximum Gasteiger partial charge on any atom is 0.239 e. The molecular weight excluding hydrogens is 246 g/mol. The van der Waals surface area contributed by atoms with Gasteiger partial charge in [0.15, 0.2) is 0 Å². The van der Waals surface area contributed by atoms with E-state index in [9.17, 15) is 14.4 Å². The third kappa shape index (κ3) is 2.63. The van der Waals surface area contributed by atoms with Gasteiger partial charge >= 0.3 is 0 Å². The summed E-state index contributed by atoms with van der Waals surface area (Å²) in [6.07, 6.45) is 3.17. The van der Waals surface area contributed by atoms with Crippen LogP contribution in [0.3, 0.4) is 0 Å². The second-order valence-corrected chi connectivity index (χ2v) is 5.41. The molecule has 106 valence electrons. The number of carbonyl (C=O) groups is 3. The zero-order chi connectivity index (χ0) is 14.0. The van der Waals surface area contributed by atoms with E-state index in [1.54, 1.807) is 0 Å². The second kappa shape index (κ2) is 5.28. The Labute approximate surface area is 112 Å². The van der Waals surface area contributed by atoms with Gasteiger partial charge < -0.3 is 11.1 Å². The number of hydrogen-bond donors (Lipinski definition) is 2. The van der Waals surface area contributed by atoms with E-state index < -0.39 is 11.4 Å². The first-order valence-corrected chi connectivity index (χ1v) is 6.89. The largest absolute Gasteiger partial charge is 0.368 e. The zero-order valence-corrected chi connectivity index (χ0v) is 11.3. The summed E-state index contributed by atoms with van der Waals surface area (Å²) >= 11 is 0. The molecule has 1 saturated carbocycles. The molecule has 0 radical (unpaired) electrons. The Morgan fingerprint density at radius 2 is 1.95 bits per heavy atom. The summed E-state index contributed by atoms with van der Waals surface area (Å²) < 4.78 is 0. The highest BCUT2D eigenvalue weighted by atomic mass is 16.2. The monoisotopic (exact) mass is 267 g/mol. The summed E-state index contributed by atoms with van der Waals surface area (Å²) in [4.78, 5) is 36.6. The molecule has 19 heavy (non-hydrogen) atoms. The molecule has 1 saturated heterocycles. The van der Waals surface area contributed by atoms with Crippen molar-refractivity contribution in [3.8, 4) is 0 Å². The Morgan fingerprint density at radius 1 is 1.37 bits per heavy atom. The average molecular weight is 267 g/mol. The quantitative estimate of drug-likeness (QED) is 0.623. The number of primary amides is 1. The lowest BCUT2D eigenvalue weighted by atomic mass is 9.91. The molecule has 3 N–H and O–H groups in total. The van der Waals surface area contributed by atoms with Crippen LogP contribution in [0.15, 0.2) is 0 Å². The van der Waals surface area contributed by atoms with Gasteiger partial charge in [-0.2, -0.15) is 0 Å². The molecule has 1 aliphatic carbocycles. The van der Waals surface area contributed by atoms with E-state index in [0.29, 0.717) is 6.54 Å². The number of nitrogens with zero attached hydrogens (tertiary/aromatic N) is 1. The van der Waals surface area contributed by atoms with Gasteiger partial charge in [0.1, 0.15) is 5.54 Å². The molecule has 6 nitrogen and oxygen atoms in total. The van der Waals surface area contributed by atoms with Crippen LogP contribution in [0, 0.1) is 5.92 Å².